The Kier molecular flexibility index (Phi) is 7.72. The van der Waals surface area contributed by atoms with Gasteiger partial charge in [0.1, 0.15) is 5.75 Å². The summed E-state index contributed by atoms with van der Waals surface area (Å²) < 4.78 is 12.2. The van der Waals surface area contributed by atoms with Crippen LogP contribution in [-0.4, -0.2) is 31.6 Å². The van der Waals surface area contributed by atoms with Crippen molar-refractivity contribution < 1.29 is 19.1 Å². The van der Waals surface area contributed by atoms with Gasteiger partial charge in [0, 0.05) is 0 Å². The normalized spacial score (nSPS) is 14.3. The maximum absolute atomic E-state index is 13.2. The third-order valence-electron chi connectivity index (χ3n) is 5.49. The van der Waals surface area contributed by atoms with Crippen LogP contribution >= 0.6 is 0 Å². The zero-order valence-electron chi connectivity index (χ0n) is 19.1. The molecule has 0 aliphatic heterocycles. The minimum absolute atomic E-state index is 0.0838. The van der Waals surface area contributed by atoms with Crippen LogP contribution in [0.1, 0.15) is 46.2 Å². The van der Waals surface area contributed by atoms with Gasteiger partial charge in [0.25, 0.3) is 0 Å². The third kappa shape index (κ3) is 6.09. The Morgan fingerprint density at radius 3 is 2.10 bits per heavy atom. The molecular weight excluding hydrogens is 394 g/mol. The Hall–Kier alpha value is -2.31. The number of rotatable bonds is 8. The first-order valence-corrected chi connectivity index (χ1v) is 13.3. The average molecular weight is 430 g/mol. The number of nitrogens with one attached hydrogen (secondary N) is 1. The molecule has 0 saturated heterocycles. The van der Waals surface area contributed by atoms with E-state index in [9.17, 15) is 9.90 Å². The number of carbonyl (C=O) groups is 1. The van der Waals surface area contributed by atoms with Crippen LogP contribution in [0.25, 0.3) is 0 Å². The molecule has 0 aliphatic rings. The summed E-state index contributed by atoms with van der Waals surface area (Å²) in [5.74, 6) is -0.298. The van der Waals surface area contributed by atoms with Crippen LogP contribution in [0.3, 0.4) is 0 Å². The Morgan fingerprint density at radius 2 is 1.57 bits per heavy atom. The van der Waals surface area contributed by atoms with Crippen molar-refractivity contribution in [1.29, 1.82) is 0 Å². The van der Waals surface area contributed by atoms with Crippen LogP contribution in [0.4, 0.5) is 5.69 Å². The lowest BCUT2D eigenvalue weighted by atomic mass is 10.0. The van der Waals surface area contributed by atoms with Crippen molar-refractivity contribution in [2.24, 2.45) is 0 Å². The molecule has 0 radical (unpaired) electrons. The number of phenolic OH excluding ortho intramolecular Hbond substituents is 1. The smallest absolute Gasteiger partial charge is 0.336 e. The van der Waals surface area contributed by atoms with E-state index in [0.29, 0.717) is 5.69 Å². The maximum atomic E-state index is 13.2. The standard InChI is InChI=1S/C24H35NO4Si/c1-17(2)28-23(27)22(29-30(6,7)24(3,4)5)21(18-13-9-8-10-14-18)25-19-15-11-12-16-20(19)26/h8-17,21-22,25-26H,1-7H3/t21-,22-/m1/s1. The molecule has 2 rings (SSSR count). The molecule has 5 nitrogen and oxygen atoms in total. The minimum Gasteiger partial charge on any atom is -0.506 e. The molecule has 0 fully saturated rings. The zero-order chi connectivity index (χ0) is 22.5. The van der Waals surface area contributed by atoms with E-state index in [4.69, 9.17) is 9.16 Å². The van der Waals surface area contributed by atoms with Crippen LogP contribution < -0.4 is 5.32 Å². The summed E-state index contributed by atoms with van der Waals surface area (Å²) in [5, 5.41) is 13.6. The van der Waals surface area contributed by atoms with Gasteiger partial charge in [-0.05, 0) is 49.7 Å². The molecule has 0 bridgehead atoms. The van der Waals surface area contributed by atoms with Crippen LogP contribution in [-0.2, 0) is 14.0 Å². The van der Waals surface area contributed by atoms with Gasteiger partial charge in [0.2, 0.25) is 0 Å². The second-order valence-corrected chi connectivity index (χ2v) is 14.1. The molecule has 2 aromatic carbocycles. The van der Waals surface area contributed by atoms with Gasteiger partial charge >= 0.3 is 5.97 Å². The molecule has 6 heteroatoms. The summed E-state index contributed by atoms with van der Waals surface area (Å²) >= 11 is 0. The number of carbonyl (C=O) groups excluding carboxylic acids is 1. The molecule has 0 saturated carbocycles. The monoisotopic (exact) mass is 429 g/mol. The first kappa shape index (κ1) is 24.0. The molecular formula is C24H35NO4Si. The van der Waals surface area contributed by atoms with E-state index < -0.39 is 26.4 Å². The molecule has 2 aromatic rings. The Morgan fingerprint density at radius 1 is 1.00 bits per heavy atom. The van der Waals surface area contributed by atoms with Gasteiger partial charge in [-0.25, -0.2) is 4.79 Å². The molecule has 0 unspecified atom stereocenters. The minimum atomic E-state index is -2.31. The summed E-state index contributed by atoms with van der Waals surface area (Å²) in [5.41, 5.74) is 1.41. The number of aromatic hydroxyl groups is 1. The lowest BCUT2D eigenvalue weighted by Gasteiger charge is -2.41. The Bertz CT molecular complexity index is 831. The van der Waals surface area contributed by atoms with Gasteiger partial charge in [0.15, 0.2) is 14.4 Å². The molecule has 0 aliphatic carbocycles. The van der Waals surface area contributed by atoms with Gasteiger partial charge in [-0.1, -0.05) is 63.2 Å². The summed E-state index contributed by atoms with van der Waals surface area (Å²) in [6.07, 6.45) is -1.13. The molecule has 164 valence electrons. The third-order valence-corrected chi connectivity index (χ3v) is 9.94. The fraction of sp³-hybridized carbons (Fsp3) is 0.458. The first-order chi connectivity index (χ1) is 13.9. The number of hydrogen-bond donors (Lipinski definition) is 2. The second kappa shape index (κ2) is 9.66. The molecule has 0 aromatic heterocycles. The molecule has 2 atom stereocenters. The van der Waals surface area contributed by atoms with Gasteiger partial charge < -0.3 is 19.6 Å². The molecule has 30 heavy (non-hydrogen) atoms. The van der Waals surface area contributed by atoms with Gasteiger partial charge in [-0.3, -0.25) is 0 Å². The van der Waals surface area contributed by atoms with Gasteiger partial charge in [-0.15, -0.1) is 0 Å². The van der Waals surface area contributed by atoms with E-state index in [1.165, 1.54) is 0 Å². The average Bonchev–Trinajstić information content (AvgIpc) is 2.65. The number of ether oxygens (including phenoxy) is 1. The predicted molar refractivity (Wildman–Crippen MR) is 124 cm³/mol. The van der Waals surface area contributed by atoms with E-state index in [1.807, 2.05) is 50.2 Å². The lowest BCUT2D eigenvalue weighted by Crippen LogP contribution is -2.49. The van der Waals surface area contributed by atoms with E-state index in [-0.39, 0.29) is 16.9 Å². The number of anilines is 1. The van der Waals surface area contributed by atoms with E-state index in [2.05, 4.69) is 39.2 Å². The highest BCUT2D eigenvalue weighted by Gasteiger charge is 2.44. The summed E-state index contributed by atoms with van der Waals surface area (Å²) in [7, 11) is -2.31. The Labute approximate surface area is 181 Å². The fourth-order valence-electron chi connectivity index (χ4n) is 2.80. The van der Waals surface area contributed by atoms with Crippen molar-refractivity contribution in [2.45, 2.75) is 71.0 Å². The highest BCUT2D eigenvalue weighted by atomic mass is 28.4. The molecule has 0 amide bonds. The van der Waals surface area contributed by atoms with Crippen molar-refractivity contribution in [3.63, 3.8) is 0 Å². The number of phenols is 1. The highest BCUT2D eigenvalue weighted by molar-refractivity contribution is 6.74. The largest absolute Gasteiger partial charge is 0.506 e. The molecule has 0 spiro atoms. The van der Waals surface area contributed by atoms with E-state index >= 15 is 0 Å². The number of hydrogen-bond acceptors (Lipinski definition) is 5. The topological polar surface area (TPSA) is 67.8 Å². The van der Waals surface area contributed by atoms with Crippen molar-refractivity contribution in [3.8, 4) is 5.75 Å². The SMILES string of the molecule is CC(C)OC(=O)[C@H](O[Si](C)(C)C(C)(C)C)[C@H](Nc1ccccc1O)c1ccccc1. The van der Waals surface area contributed by atoms with Crippen LogP contribution in [0, 0.1) is 0 Å². The number of para-hydroxylation sites is 2. The Balaban J connectivity index is 2.53. The van der Waals surface area contributed by atoms with Gasteiger partial charge in [-0.2, -0.15) is 0 Å². The van der Waals surface area contributed by atoms with Crippen LogP contribution in [0.5, 0.6) is 5.75 Å². The second-order valence-electron chi connectivity index (χ2n) is 9.33. The summed E-state index contributed by atoms with van der Waals surface area (Å²) in [4.78, 5) is 13.2. The number of benzene rings is 2. The van der Waals surface area contributed by atoms with E-state index in [1.54, 1.807) is 18.2 Å². The lowest BCUT2D eigenvalue weighted by molar-refractivity contribution is -0.157. The fourth-order valence-corrected chi connectivity index (χ4v) is 4.02. The van der Waals surface area contributed by atoms with E-state index in [0.717, 1.165) is 5.56 Å². The molecule has 0 heterocycles. The quantitative estimate of drug-likeness (QED) is 0.311. The van der Waals surface area contributed by atoms with Crippen molar-refractivity contribution in [2.75, 3.05) is 5.32 Å². The van der Waals surface area contributed by atoms with Gasteiger partial charge in [0.05, 0.1) is 17.8 Å². The van der Waals surface area contributed by atoms with Crippen LogP contribution in [0.2, 0.25) is 18.1 Å². The van der Waals surface area contributed by atoms with Crippen LogP contribution in [0.15, 0.2) is 54.6 Å². The number of esters is 1. The zero-order valence-corrected chi connectivity index (χ0v) is 20.1. The van der Waals surface area contributed by atoms with Crippen molar-refractivity contribution in [1.82, 2.24) is 0 Å². The molecule has 2 N–H and O–H groups in total. The van der Waals surface area contributed by atoms with Crippen molar-refractivity contribution >= 4 is 20.0 Å². The maximum Gasteiger partial charge on any atom is 0.336 e. The summed E-state index contributed by atoms with van der Waals surface area (Å²) in [6.45, 7) is 14.3. The van der Waals surface area contributed by atoms with Crippen molar-refractivity contribution in [3.05, 3.63) is 60.2 Å². The highest BCUT2D eigenvalue weighted by Crippen LogP contribution is 2.40. The summed E-state index contributed by atoms with van der Waals surface area (Å²) in [6, 6.07) is 16.1. The first-order valence-electron chi connectivity index (χ1n) is 10.4. The predicted octanol–water partition coefficient (Wildman–Crippen LogP) is 5.89.